The molecule has 1 fully saturated rings. The van der Waals surface area contributed by atoms with Crippen LogP contribution in [0.1, 0.15) is 36.8 Å². The van der Waals surface area contributed by atoms with Gasteiger partial charge in [-0.1, -0.05) is 32.9 Å². The first kappa shape index (κ1) is 18.3. The Labute approximate surface area is 155 Å². The van der Waals surface area contributed by atoms with Gasteiger partial charge in [0.15, 0.2) is 0 Å². The third-order valence-electron chi connectivity index (χ3n) is 4.70. The number of amides is 1. The number of piperazine rings is 1. The molecule has 0 unspecified atom stereocenters. The minimum absolute atomic E-state index is 0.0355. The van der Waals surface area contributed by atoms with Crippen LogP contribution in [0.4, 0.5) is 11.5 Å². The fraction of sp³-hybridized carbons (Fsp3) is 0.450. The summed E-state index contributed by atoms with van der Waals surface area (Å²) < 4.78 is 0. The highest BCUT2D eigenvalue weighted by Crippen LogP contribution is 2.24. The number of nitrogens with zero attached hydrogens (tertiary/aromatic N) is 4. The summed E-state index contributed by atoms with van der Waals surface area (Å²) in [6.07, 6.45) is 1.44. The SMILES string of the molecule is CN1CCN(C(=O)c2cc(Nc3ccc(C(C)(C)C)cc3)ncn2)CC1. The zero-order valence-corrected chi connectivity index (χ0v) is 16.0. The summed E-state index contributed by atoms with van der Waals surface area (Å²) in [7, 11) is 2.07. The van der Waals surface area contributed by atoms with Gasteiger partial charge in [-0.15, -0.1) is 0 Å². The van der Waals surface area contributed by atoms with Crippen molar-refractivity contribution in [1.82, 2.24) is 19.8 Å². The van der Waals surface area contributed by atoms with Crippen LogP contribution in [0, 0.1) is 0 Å². The predicted octanol–water partition coefficient (Wildman–Crippen LogP) is 2.91. The molecule has 1 amide bonds. The summed E-state index contributed by atoms with van der Waals surface area (Å²) in [5.41, 5.74) is 2.76. The number of hydrogen-bond donors (Lipinski definition) is 1. The maximum absolute atomic E-state index is 12.7. The lowest BCUT2D eigenvalue weighted by molar-refractivity contribution is 0.0658. The van der Waals surface area contributed by atoms with Gasteiger partial charge in [0.1, 0.15) is 17.8 Å². The third-order valence-corrected chi connectivity index (χ3v) is 4.70. The highest BCUT2D eigenvalue weighted by atomic mass is 16.2. The fourth-order valence-electron chi connectivity index (χ4n) is 2.92. The Morgan fingerprint density at radius 1 is 1.04 bits per heavy atom. The molecule has 3 rings (SSSR count). The standard InChI is InChI=1S/C20H27N5O/c1-20(2,3)15-5-7-16(8-6-15)23-18-13-17(21-14-22-18)19(26)25-11-9-24(4)10-12-25/h5-8,13-14H,9-12H2,1-4H3,(H,21,22,23). The maximum Gasteiger partial charge on any atom is 0.272 e. The van der Waals surface area contributed by atoms with Gasteiger partial charge < -0.3 is 15.1 Å². The van der Waals surface area contributed by atoms with Crippen molar-refractivity contribution < 1.29 is 4.79 Å². The molecule has 1 saturated heterocycles. The van der Waals surface area contributed by atoms with Crippen LogP contribution in [0.2, 0.25) is 0 Å². The van der Waals surface area contributed by atoms with Crippen LogP contribution in [0.15, 0.2) is 36.7 Å². The summed E-state index contributed by atoms with van der Waals surface area (Å²) in [6.45, 7) is 9.82. The van der Waals surface area contributed by atoms with Crippen LogP contribution in [-0.4, -0.2) is 58.9 Å². The van der Waals surface area contributed by atoms with Gasteiger partial charge in [0.05, 0.1) is 0 Å². The Balaban J connectivity index is 1.70. The predicted molar refractivity (Wildman–Crippen MR) is 104 cm³/mol. The molecule has 0 atom stereocenters. The number of hydrogen-bond acceptors (Lipinski definition) is 5. The summed E-state index contributed by atoms with van der Waals surface area (Å²) in [4.78, 5) is 25.1. The smallest absolute Gasteiger partial charge is 0.272 e. The van der Waals surface area contributed by atoms with Gasteiger partial charge in [0, 0.05) is 37.9 Å². The normalized spacial score (nSPS) is 15.8. The molecule has 2 aromatic rings. The van der Waals surface area contributed by atoms with E-state index in [1.165, 1.54) is 11.9 Å². The van der Waals surface area contributed by atoms with Crippen molar-refractivity contribution in [1.29, 1.82) is 0 Å². The first-order valence-electron chi connectivity index (χ1n) is 9.00. The Morgan fingerprint density at radius 3 is 2.31 bits per heavy atom. The summed E-state index contributed by atoms with van der Waals surface area (Å²) in [5.74, 6) is 0.590. The van der Waals surface area contributed by atoms with Gasteiger partial charge in [-0.2, -0.15) is 0 Å². The van der Waals surface area contributed by atoms with Gasteiger partial charge in [-0.25, -0.2) is 9.97 Å². The molecule has 1 aliphatic rings. The fourth-order valence-corrected chi connectivity index (χ4v) is 2.92. The van der Waals surface area contributed by atoms with Crippen molar-refractivity contribution in [3.05, 3.63) is 47.9 Å². The molecule has 6 heteroatoms. The second-order valence-electron chi connectivity index (χ2n) is 7.84. The molecule has 6 nitrogen and oxygen atoms in total. The molecule has 0 radical (unpaired) electrons. The largest absolute Gasteiger partial charge is 0.340 e. The van der Waals surface area contributed by atoms with Crippen molar-refractivity contribution >= 4 is 17.4 Å². The highest BCUT2D eigenvalue weighted by molar-refractivity contribution is 5.93. The van der Waals surface area contributed by atoms with Crippen LogP contribution in [-0.2, 0) is 5.41 Å². The van der Waals surface area contributed by atoms with Gasteiger partial charge in [0.25, 0.3) is 5.91 Å². The van der Waals surface area contributed by atoms with E-state index in [0.29, 0.717) is 11.5 Å². The van der Waals surface area contributed by atoms with Crippen molar-refractivity contribution in [3.8, 4) is 0 Å². The van der Waals surface area contributed by atoms with Gasteiger partial charge in [-0.3, -0.25) is 4.79 Å². The number of rotatable bonds is 3. The lowest BCUT2D eigenvalue weighted by Crippen LogP contribution is -2.47. The molecule has 1 aromatic carbocycles. The van der Waals surface area contributed by atoms with Crippen LogP contribution in [0.5, 0.6) is 0 Å². The van der Waals surface area contributed by atoms with E-state index in [9.17, 15) is 4.79 Å². The molecule has 26 heavy (non-hydrogen) atoms. The van der Waals surface area contributed by atoms with E-state index in [1.807, 2.05) is 17.0 Å². The van der Waals surface area contributed by atoms with Crippen molar-refractivity contribution in [2.75, 3.05) is 38.5 Å². The van der Waals surface area contributed by atoms with Crippen molar-refractivity contribution in [2.45, 2.75) is 26.2 Å². The summed E-state index contributed by atoms with van der Waals surface area (Å²) in [6, 6.07) is 10.0. The Morgan fingerprint density at radius 2 is 1.69 bits per heavy atom. The Hall–Kier alpha value is -2.47. The average Bonchev–Trinajstić information content (AvgIpc) is 2.62. The first-order chi connectivity index (χ1) is 12.3. The quantitative estimate of drug-likeness (QED) is 0.919. The molecule has 2 heterocycles. The molecular weight excluding hydrogens is 326 g/mol. The van der Waals surface area contributed by atoms with E-state index in [1.54, 1.807) is 6.07 Å². The second kappa shape index (κ2) is 7.41. The number of carbonyl (C=O) groups is 1. The van der Waals surface area contributed by atoms with E-state index in [-0.39, 0.29) is 11.3 Å². The monoisotopic (exact) mass is 353 g/mol. The summed E-state index contributed by atoms with van der Waals surface area (Å²) in [5, 5.41) is 3.26. The molecule has 0 aliphatic carbocycles. The van der Waals surface area contributed by atoms with E-state index < -0.39 is 0 Å². The molecular formula is C20H27N5O. The highest BCUT2D eigenvalue weighted by Gasteiger charge is 2.21. The van der Waals surface area contributed by atoms with Gasteiger partial charge in [0.2, 0.25) is 0 Å². The van der Waals surface area contributed by atoms with E-state index in [4.69, 9.17) is 0 Å². The number of anilines is 2. The molecule has 138 valence electrons. The first-order valence-corrected chi connectivity index (χ1v) is 9.00. The van der Waals surface area contributed by atoms with E-state index >= 15 is 0 Å². The maximum atomic E-state index is 12.7. The number of carbonyl (C=O) groups excluding carboxylic acids is 1. The number of benzene rings is 1. The van der Waals surface area contributed by atoms with Gasteiger partial charge in [-0.05, 0) is 30.2 Å². The molecule has 0 spiro atoms. The van der Waals surface area contributed by atoms with Crippen LogP contribution < -0.4 is 5.32 Å². The van der Waals surface area contributed by atoms with Gasteiger partial charge >= 0.3 is 0 Å². The Kier molecular flexibility index (Phi) is 5.23. The Bertz CT molecular complexity index is 759. The van der Waals surface area contributed by atoms with Crippen molar-refractivity contribution in [2.24, 2.45) is 0 Å². The molecule has 1 aliphatic heterocycles. The molecule has 1 aromatic heterocycles. The van der Waals surface area contributed by atoms with E-state index in [0.717, 1.165) is 31.9 Å². The summed E-state index contributed by atoms with van der Waals surface area (Å²) >= 11 is 0. The minimum atomic E-state index is -0.0355. The zero-order chi connectivity index (χ0) is 18.7. The number of likely N-dealkylation sites (N-methyl/N-ethyl adjacent to an activating group) is 1. The van der Waals surface area contributed by atoms with Crippen LogP contribution in [0.25, 0.3) is 0 Å². The van der Waals surface area contributed by atoms with Crippen LogP contribution in [0.3, 0.4) is 0 Å². The topological polar surface area (TPSA) is 61.4 Å². The third kappa shape index (κ3) is 4.38. The average molecular weight is 353 g/mol. The zero-order valence-electron chi connectivity index (χ0n) is 16.0. The lowest BCUT2D eigenvalue weighted by atomic mass is 9.87. The van der Waals surface area contributed by atoms with Crippen LogP contribution >= 0.6 is 0 Å². The number of aromatic nitrogens is 2. The lowest BCUT2D eigenvalue weighted by Gasteiger charge is -2.32. The number of nitrogens with one attached hydrogen (secondary N) is 1. The molecule has 1 N–H and O–H groups in total. The second-order valence-corrected chi connectivity index (χ2v) is 7.84. The van der Waals surface area contributed by atoms with E-state index in [2.05, 4.69) is 60.1 Å². The molecule has 0 bridgehead atoms. The minimum Gasteiger partial charge on any atom is -0.340 e. The molecule has 0 saturated carbocycles. The van der Waals surface area contributed by atoms with Crippen molar-refractivity contribution in [3.63, 3.8) is 0 Å².